The molecule has 1 rings (SSSR count). The summed E-state index contributed by atoms with van der Waals surface area (Å²) in [5.41, 5.74) is 0.970. The average molecular weight is 413 g/mol. The standard InChI is InChI=1S/C14H28O4.C8H8O3/c1-6-9-10-12(8-3)13(15)16-18-17-14(4,5)11-7-2;1-6-2-4-7(5-3-6)8(9)11-10/h12H,6-11H2,1-5H3;2-5,10H,1H3. The molecule has 0 aliphatic carbocycles. The Balaban J connectivity index is 0.000000604. The van der Waals surface area contributed by atoms with Crippen molar-refractivity contribution in [2.45, 2.75) is 85.7 Å². The fraction of sp³-hybridized carbons (Fsp3) is 0.636. The van der Waals surface area contributed by atoms with E-state index in [1.165, 1.54) is 0 Å². The zero-order valence-corrected chi connectivity index (χ0v) is 18.5. The lowest BCUT2D eigenvalue weighted by molar-refractivity contribution is -0.518. The Labute approximate surface area is 174 Å². The summed E-state index contributed by atoms with van der Waals surface area (Å²) in [5, 5.41) is 12.6. The molecular weight excluding hydrogens is 376 g/mol. The van der Waals surface area contributed by atoms with Gasteiger partial charge in [-0.15, -0.1) is 0 Å². The van der Waals surface area contributed by atoms with E-state index in [1.54, 1.807) is 24.3 Å². The summed E-state index contributed by atoms with van der Waals surface area (Å²) in [6.45, 7) is 11.9. The van der Waals surface area contributed by atoms with Gasteiger partial charge in [-0.05, 0) is 57.2 Å². The summed E-state index contributed by atoms with van der Waals surface area (Å²) in [6, 6.07) is 6.72. The van der Waals surface area contributed by atoms with Gasteiger partial charge in [-0.25, -0.2) is 9.59 Å². The second-order valence-electron chi connectivity index (χ2n) is 7.56. The van der Waals surface area contributed by atoms with Crippen LogP contribution in [0.2, 0.25) is 0 Å². The number of aryl methyl sites for hydroxylation is 1. The number of hydrogen-bond donors (Lipinski definition) is 1. The monoisotopic (exact) mass is 412 g/mol. The lowest BCUT2D eigenvalue weighted by atomic mass is 10.00. The Kier molecular flexibility index (Phi) is 13.9. The van der Waals surface area contributed by atoms with Crippen LogP contribution in [0.5, 0.6) is 0 Å². The molecule has 1 atom stereocenters. The minimum atomic E-state index is -0.731. The summed E-state index contributed by atoms with van der Waals surface area (Å²) >= 11 is 0. The summed E-state index contributed by atoms with van der Waals surface area (Å²) in [7, 11) is 0. The van der Waals surface area contributed by atoms with Gasteiger partial charge in [0.2, 0.25) is 0 Å². The molecule has 0 saturated carbocycles. The lowest BCUT2D eigenvalue weighted by Gasteiger charge is -2.21. The first kappa shape index (κ1) is 27.0. The van der Waals surface area contributed by atoms with E-state index in [1.807, 2.05) is 27.7 Å². The molecule has 0 aromatic heterocycles. The van der Waals surface area contributed by atoms with Gasteiger partial charge in [0.05, 0.1) is 11.5 Å². The van der Waals surface area contributed by atoms with Gasteiger partial charge in [0.1, 0.15) is 5.60 Å². The molecule has 7 nitrogen and oxygen atoms in total. The van der Waals surface area contributed by atoms with E-state index in [4.69, 9.17) is 15.0 Å². The van der Waals surface area contributed by atoms with Gasteiger partial charge >= 0.3 is 11.9 Å². The van der Waals surface area contributed by atoms with Gasteiger partial charge < -0.3 is 0 Å². The van der Waals surface area contributed by atoms with E-state index in [-0.39, 0.29) is 11.9 Å². The average Bonchev–Trinajstić information content (AvgIpc) is 2.69. The van der Waals surface area contributed by atoms with Gasteiger partial charge in [0, 0.05) is 0 Å². The van der Waals surface area contributed by atoms with Crippen molar-refractivity contribution in [3.05, 3.63) is 35.4 Å². The van der Waals surface area contributed by atoms with E-state index in [2.05, 4.69) is 23.8 Å². The smallest absolute Gasteiger partial charge is 0.296 e. The van der Waals surface area contributed by atoms with Crippen LogP contribution in [-0.2, 0) is 24.5 Å². The maximum Gasteiger partial charge on any atom is 0.372 e. The number of unbranched alkanes of at least 4 members (excludes halogenated alkanes) is 1. The second kappa shape index (κ2) is 15.0. The van der Waals surface area contributed by atoms with Gasteiger partial charge in [-0.3, -0.25) is 9.78 Å². The van der Waals surface area contributed by atoms with Crippen molar-refractivity contribution in [3.63, 3.8) is 0 Å². The van der Waals surface area contributed by atoms with Crippen molar-refractivity contribution >= 4 is 11.9 Å². The van der Waals surface area contributed by atoms with Gasteiger partial charge in [0.15, 0.2) is 0 Å². The van der Waals surface area contributed by atoms with Crippen molar-refractivity contribution in [1.82, 2.24) is 0 Å². The molecular formula is C22H36O7. The summed E-state index contributed by atoms with van der Waals surface area (Å²) < 4.78 is 0. The minimum Gasteiger partial charge on any atom is -0.296 e. The highest BCUT2D eigenvalue weighted by Crippen LogP contribution is 2.18. The van der Waals surface area contributed by atoms with Crippen molar-refractivity contribution in [2.24, 2.45) is 5.92 Å². The van der Waals surface area contributed by atoms with Crippen LogP contribution in [0.4, 0.5) is 0 Å². The SMILES string of the molecule is CCCCC(CC)C(=O)OOOC(C)(C)CCC.Cc1ccc(C(=O)OO)cc1. The van der Waals surface area contributed by atoms with E-state index < -0.39 is 11.6 Å². The fourth-order valence-electron chi connectivity index (χ4n) is 2.54. The van der Waals surface area contributed by atoms with Gasteiger partial charge in [0.25, 0.3) is 0 Å². The van der Waals surface area contributed by atoms with Gasteiger partial charge in [-0.2, -0.15) is 10.1 Å². The maximum atomic E-state index is 11.7. The zero-order valence-electron chi connectivity index (χ0n) is 18.5. The molecule has 7 heteroatoms. The topological polar surface area (TPSA) is 91.3 Å². The second-order valence-corrected chi connectivity index (χ2v) is 7.56. The van der Waals surface area contributed by atoms with Crippen molar-refractivity contribution in [2.75, 3.05) is 0 Å². The molecule has 0 saturated heterocycles. The quantitative estimate of drug-likeness (QED) is 0.362. The van der Waals surface area contributed by atoms with Crippen LogP contribution in [-0.4, -0.2) is 22.8 Å². The molecule has 0 amide bonds. The van der Waals surface area contributed by atoms with Crippen LogP contribution >= 0.6 is 0 Å². The highest BCUT2D eigenvalue weighted by molar-refractivity contribution is 5.88. The van der Waals surface area contributed by atoms with Crippen LogP contribution in [0.15, 0.2) is 24.3 Å². The van der Waals surface area contributed by atoms with Crippen molar-refractivity contribution < 1.29 is 34.5 Å². The number of carbonyl (C=O) groups excluding carboxylic acids is 2. The molecule has 0 spiro atoms. The van der Waals surface area contributed by atoms with Crippen LogP contribution < -0.4 is 0 Å². The van der Waals surface area contributed by atoms with E-state index in [9.17, 15) is 9.59 Å². The molecule has 1 aromatic rings. The summed E-state index contributed by atoms with van der Waals surface area (Å²) in [6.07, 6.45) is 5.53. The first-order valence-electron chi connectivity index (χ1n) is 10.2. The molecule has 1 N–H and O–H groups in total. The summed E-state index contributed by atoms with van der Waals surface area (Å²) in [4.78, 5) is 35.7. The normalized spacial score (nSPS) is 11.8. The van der Waals surface area contributed by atoms with E-state index in [0.717, 1.165) is 44.1 Å². The largest absolute Gasteiger partial charge is 0.372 e. The third kappa shape index (κ3) is 12.3. The fourth-order valence-corrected chi connectivity index (χ4v) is 2.54. The predicted octanol–water partition coefficient (Wildman–Crippen LogP) is 5.81. The first-order chi connectivity index (χ1) is 13.7. The highest BCUT2D eigenvalue weighted by Gasteiger charge is 2.23. The molecule has 166 valence electrons. The molecule has 0 aliphatic rings. The Hall–Kier alpha value is -1.96. The molecule has 0 heterocycles. The molecule has 0 aliphatic heterocycles. The summed E-state index contributed by atoms with van der Waals surface area (Å²) in [5.74, 6) is -1.16. The maximum absolute atomic E-state index is 11.7. The van der Waals surface area contributed by atoms with Crippen LogP contribution in [0.25, 0.3) is 0 Å². The van der Waals surface area contributed by atoms with Crippen molar-refractivity contribution in [3.8, 4) is 0 Å². The lowest BCUT2D eigenvalue weighted by Crippen LogP contribution is -2.26. The number of hydrogen-bond acceptors (Lipinski definition) is 7. The Bertz CT molecular complexity index is 581. The third-order valence-corrected chi connectivity index (χ3v) is 4.33. The number of rotatable bonds is 11. The number of benzene rings is 1. The molecule has 1 aromatic carbocycles. The van der Waals surface area contributed by atoms with Crippen LogP contribution in [0.3, 0.4) is 0 Å². The predicted molar refractivity (Wildman–Crippen MR) is 110 cm³/mol. The van der Waals surface area contributed by atoms with E-state index >= 15 is 0 Å². The Morgan fingerprint density at radius 1 is 1.07 bits per heavy atom. The highest BCUT2D eigenvalue weighted by atomic mass is 17.5. The molecule has 0 fully saturated rings. The Morgan fingerprint density at radius 2 is 1.69 bits per heavy atom. The molecule has 0 radical (unpaired) electrons. The first-order valence-corrected chi connectivity index (χ1v) is 10.2. The number of carbonyl (C=O) groups is 2. The zero-order chi connectivity index (χ0) is 22.3. The van der Waals surface area contributed by atoms with Crippen LogP contribution in [0.1, 0.15) is 89.1 Å². The van der Waals surface area contributed by atoms with Crippen molar-refractivity contribution in [1.29, 1.82) is 0 Å². The minimum absolute atomic E-state index is 0.0946. The van der Waals surface area contributed by atoms with Gasteiger partial charge in [-0.1, -0.05) is 57.7 Å². The van der Waals surface area contributed by atoms with Crippen LogP contribution in [0, 0.1) is 12.8 Å². The molecule has 0 bridgehead atoms. The Morgan fingerprint density at radius 3 is 2.17 bits per heavy atom. The molecule has 1 unspecified atom stereocenters. The third-order valence-electron chi connectivity index (χ3n) is 4.33. The molecule has 29 heavy (non-hydrogen) atoms. The van der Waals surface area contributed by atoms with E-state index in [0.29, 0.717) is 5.56 Å².